The third kappa shape index (κ3) is 3.25. The Morgan fingerprint density at radius 1 is 1.04 bits per heavy atom. The number of para-hydroxylation sites is 1. The molecule has 128 valence electrons. The molecule has 3 rings (SSSR count). The predicted octanol–water partition coefficient (Wildman–Crippen LogP) is 3.79. The second-order valence-electron chi connectivity index (χ2n) is 5.57. The number of benzene rings is 2. The van der Waals surface area contributed by atoms with E-state index in [0.29, 0.717) is 5.69 Å². The Kier molecular flexibility index (Phi) is 4.79. The van der Waals surface area contributed by atoms with Gasteiger partial charge in [0.1, 0.15) is 6.54 Å². The minimum absolute atomic E-state index is 0.154. The molecule has 2 aromatic rings. The van der Waals surface area contributed by atoms with Gasteiger partial charge in [0.15, 0.2) is 0 Å². The van der Waals surface area contributed by atoms with Gasteiger partial charge in [-0.1, -0.05) is 48.3 Å². The fourth-order valence-electron chi connectivity index (χ4n) is 2.71. The Bertz CT molecular complexity index is 855. The summed E-state index contributed by atoms with van der Waals surface area (Å²) < 4.78 is 0. The highest BCUT2D eigenvalue weighted by atomic mass is 35.5. The van der Waals surface area contributed by atoms with Crippen LogP contribution in [0, 0.1) is 0 Å². The first kappa shape index (κ1) is 17.5. The summed E-state index contributed by atoms with van der Waals surface area (Å²) in [6.07, 6.45) is 0.750. The number of nitrogens with zero attached hydrogens (tertiary/aromatic N) is 1. The summed E-state index contributed by atoms with van der Waals surface area (Å²) in [6.45, 7) is 1.60. The van der Waals surface area contributed by atoms with Gasteiger partial charge in [0.2, 0.25) is 5.91 Å². The molecular weight excluding hydrogens is 363 g/mol. The van der Waals surface area contributed by atoms with E-state index in [4.69, 9.17) is 23.2 Å². The van der Waals surface area contributed by atoms with E-state index in [-0.39, 0.29) is 27.7 Å². The molecule has 7 heteroatoms. The van der Waals surface area contributed by atoms with Crippen LogP contribution in [0.2, 0.25) is 10.0 Å². The van der Waals surface area contributed by atoms with Gasteiger partial charge in [-0.15, -0.1) is 0 Å². The lowest BCUT2D eigenvalue weighted by Gasteiger charge is -2.15. The summed E-state index contributed by atoms with van der Waals surface area (Å²) in [7, 11) is 0. The van der Waals surface area contributed by atoms with E-state index < -0.39 is 17.7 Å². The molecule has 0 unspecified atom stereocenters. The summed E-state index contributed by atoms with van der Waals surface area (Å²) in [5, 5.41) is 3.11. The molecular formula is C18H14Cl2N2O3. The fraction of sp³-hybridized carbons (Fsp3) is 0.167. The summed E-state index contributed by atoms with van der Waals surface area (Å²) in [4.78, 5) is 38.0. The second-order valence-corrected chi connectivity index (χ2v) is 6.38. The molecule has 0 spiro atoms. The van der Waals surface area contributed by atoms with Crippen LogP contribution in [-0.2, 0) is 11.2 Å². The molecule has 25 heavy (non-hydrogen) atoms. The SMILES string of the molecule is CCc1ccccc1NC(=O)CN1C(=O)c2cc(Cl)c(Cl)cc2C1=O. The molecule has 3 amide bonds. The number of hydrogen-bond acceptors (Lipinski definition) is 3. The number of imide groups is 1. The van der Waals surface area contributed by atoms with Gasteiger partial charge in [-0.05, 0) is 30.2 Å². The number of nitrogens with one attached hydrogen (secondary N) is 1. The molecule has 2 aromatic carbocycles. The maximum absolute atomic E-state index is 12.4. The molecule has 1 aliphatic heterocycles. The molecule has 0 aromatic heterocycles. The van der Waals surface area contributed by atoms with Crippen molar-refractivity contribution in [3.8, 4) is 0 Å². The van der Waals surface area contributed by atoms with Gasteiger partial charge < -0.3 is 5.32 Å². The molecule has 0 radical (unpaired) electrons. The van der Waals surface area contributed by atoms with Crippen molar-refractivity contribution in [2.24, 2.45) is 0 Å². The maximum Gasteiger partial charge on any atom is 0.262 e. The highest BCUT2D eigenvalue weighted by Crippen LogP contribution is 2.31. The van der Waals surface area contributed by atoms with Crippen LogP contribution in [0.4, 0.5) is 5.69 Å². The Labute approximate surface area is 154 Å². The van der Waals surface area contributed by atoms with E-state index in [9.17, 15) is 14.4 Å². The van der Waals surface area contributed by atoms with Gasteiger partial charge in [-0.3, -0.25) is 19.3 Å². The third-order valence-electron chi connectivity index (χ3n) is 3.99. The van der Waals surface area contributed by atoms with Gasteiger partial charge in [-0.25, -0.2) is 0 Å². The van der Waals surface area contributed by atoms with E-state index in [1.54, 1.807) is 12.1 Å². The molecule has 0 aliphatic carbocycles. The lowest BCUT2D eigenvalue weighted by Crippen LogP contribution is -2.37. The number of aryl methyl sites for hydroxylation is 1. The largest absolute Gasteiger partial charge is 0.324 e. The number of halogens is 2. The van der Waals surface area contributed by atoms with Crippen molar-refractivity contribution in [3.05, 3.63) is 63.1 Å². The van der Waals surface area contributed by atoms with E-state index in [2.05, 4.69) is 5.32 Å². The zero-order valence-electron chi connectivity index (χ0n) is 13.3. The van der Waals surface area contributed by atoms with Crippen molar-refractivity contribution in [3.63, 3.8) is 0 Å². The van der Waals surface area contributed by atoms with Crippen molar-refractivity contribution in [2.45, 2.75) is 13.3 Å². The lowest BCUT2D eigenvalue weighted by molar-refractivity contribution is -0.116. The Morgan fingerprint density at radius 2 is 1.60 bits per heavy atom. The summed E-state index contributed by atoms with van der Waals surface area (Å²) in [5.74, 6) is -1.57. The van der Waals surface area contributed by atoms with Crippen molar-refractivity contribution < 1.29 is 14.4 Å². The predicted molar refractivity (Wildman–Crippen MR) is 96.3 cm³/mol. The molecule has 0 bridgehead atoms. The zero-order chi connectivity index (χ0) is 18.1. The van der Waals surface area contributed by atoms with Crippen LogP contribution >= 0.6 is 23.2 Å². The number of anilines is 1. The summed E-state index contributed by atoms with van der Waals surface area (Å²) in [5.41, 5.74) is 1.94. The van der Waals surface area contributed by atoms with Gasteiger partial charge in [0, 0.05) is 5.69 Å². The number of carbonyl (C=O) groups excluding carboxylic acids is 3. The molecule has 0 fully saturated rings. The maximum atomic E-state index is 12.4. The van der Waals surface area contributed by atoms with Crippen molar-refractivity contribution >= 4 is 46.6 Å². The van der Waals surface area contributed by atoms with E-state index in [0.717, 1.165) is 16.9 Å². The normalized spacial score (nSPS) is 13.2. The van der Waals surface area contributed by atoms with Gasteiger partial charge in [-0.2, -0.15) is 0 Å². The van der Waals surface area contributed by atoms with Crippen LogP contribution in [0.1, 0.15) is 33.2 Å². The van der Waals surface area contributed by atoms with Crippen LogP contribution in [0.5, 0.6) is 0 Å². The first-order valence-electron chi connectivity index (χ1n) is 7.65. The standard InChI is InChI=1S/C18H14Cl2N2O3/c1-2-10-5-3-4-6-15(10)21-16(23)9-22-17(24)11-7-13(19)14(20)8-12(11)18(22)25/h3-8H,2,9H2,1H3,(H,21,23). The average molecular weight is 377 g/mol. The summed E-state index contributed by atoms with van der Waals surface area (Å²) in [6, 6.07) is 10.1. The molecule has 5 nitrogen and oxygen atoms in total. The number of hydrogen-bond donors (Lipinski definition) is 1. The highest BCUT2D eigenvalue weighted by Gasteiger charge is 2.37. The van der Waals surface area contributed by atoms with Crippen LogP contribution in [0.3, 0.4) is 0 Å². The zero-order valence-corrected chi connectivity index (χ0v) is 14.8. The Balaban J connectivity index is 1.79. The first-order chi connectivity index (χ1) is 11.9. The van der Waals surface area contributed by atoms with E-state index in [1.165, 1.54) is 12.1 Å². The minimum atomic E-state index is -0.558. The highest BCUT2D eigenvalue weighted by molar-refractivity contribution is 6.43. The van der Waals surface area contributed by atoms with Crippen LogP contribution < -0.4 is 5.32 Å². The third-order valence-corrected chi connectivity index (χ3v) is 4.71. The number of rotatable bonds is 4. The Morgan fingerprint density at radius 3 is 2.16 bits per heavy atom. The minimum Gasteiger partial charge on any atom is -0.324 e. The van der Waals surface area contributed by atoms with Crippen molar-refractivity contribution in [2.75, 3.05) is 11.9 Å². The number of fused-ring (bicyclic) bond motifs is 1. The fourth-order valence-corrected chi connectivity index (χ4v) is 3.04. The summed E-state index contributed by atoms with van der Waals surface area (Å²) >= 11 is 11.8. The number of carbonyl (C=O) groups is 3. The van der Waals surface area contributed by atoms with Gasteiger partial charge >= 0.3 is 0 Å². The first-order valence-corrected chi connectivity index (χ1v) is 8.41. The molecule has 0 saturated carbocycles. The molecule has 1 heterocycles. The quantitative estimate of drug-likeness (QED) is 0.825. The molecule has 0 atom stereocenters. The Hall–Kier alpha value is -2.37. The molecule has 1 aliphatic rings. The number of amides is 3. The monoisotopic (exact) mass is 376 g/mol. The van der Waals surface area contributed by atoms with Crippen molar-refractivity contribution in [1.82, 2.24) is 4.90 Å². The van der Waals surface area contributed by atoms with Crippen LogP contribution in [-0.4, -0.2) is 29.2 Å². The van der Waals surface area contributed by atoms with E-state index >= 15 is 0 Å². The van der Waals surface area contributed by atoms with E-state index in [1.807, 2.05) is 19.1 Å². The average Bonchev–Trinajstić information content (AvgIpc) is 2.81. The molecule has 0 saturated heterocycles. The van der Waals surface area contributed by atoms with Gasteiger partial charge in [0.25, 0.3) is 11.8 Å². The smallest absolute Gasteiger partial charge is 0.262 e. The van der Waals surface area contributed by atoms with Crippen molar-refractivity contribution in [1.29, 1.82) is 0 Å². The lowest BCUT2D eigenvalue weighted by atomic mass is 10.1. The van der Waals surface area contributed by atoms with Crippen LogP contribution in [0.25, 0.3) is 0 Å². The topological polar surface area (TPSA) is 66.5 Å². The van der Waals surface area contributed by atoms with Gasteiger partial charge in [0.05, 0.1) is 21.2 Å². The molecule has 1 N–H and O–H groups in total. The second kappa shape index (κ2) is 6.86. The van der Waals surface area contributed by atoms with Crippen LogP contribution in [0.15, 0.2) is 36.4 Å².